The van der Waals surface area contributed by atoms with E-state index in [0.29, 0.717) is 5.69 Å². The second kappa shape index (κ2) is 8.67. The topological polar surface area (TPSA) is 53.2 Å². The number of rotatable bonds is 6. The lowest BCUT2D eigenvalue weighted by Crippen LogP contribution is -2.19. The molecule has 0 saturated heterocycles. The highest BCUT2D eigenvalue weighted by atomic mass is 19.1. The molecule has 0 radical (unpaired) electrons. The Balaban J connectivity index is 1.45. The van der Waals surface area contributed by atoms with Gasteiger partial charge in [-0.15, -0.1) is 0 Å². The Morgan fingerprint density at radius 1 is 0.731 bits per heavy atom. The molecule has 26 heavy (non-hydrogen) atoms. The molecule has 4 nitrogen and oxygen atoms in total. The highest BCUT2D eigenvalue weighted by molar-refractivity contribution is 5.99. The number of carbonyl (C=O) groups excluding carboxylic acids is 1. The van der Waals surface area contributed by atoms with E-state index in [4.69, 9.17) is 0 Å². The Bertz CT molecular complexity index is 833. The molecule has 3 rings (SSSR count). The number of carbonyl (C=O) groups is 1. The summed E-state index contributed by atoms with van der Waals surface area (Å²) in [4.78, 5) is 12.0. The number of benzene rings is 3. The van der Waals surface area contributed by atoms with E-state index in [0.717, 1.165) is 29.9 Å². The molecule has 0 saturated carbocycles. The van der Waals surface area contributed by atoms with Crippen molar-refractivity contribution in [2.24, 2.45) is 0 Å². The van der Waals surface area contributed by atoms with Crippen LogP contribution in [0.15, 0.2) is 78.9 Å². The average Bonchev–Trinajstić information content (AvgIpc) is 2.65. The Hall–Kier alpha value is -3.34. The summed E-state index contributed by atoms with van der Waals surface area (Å²) in [5.41, 5.74) is 3.49. The van der Waals surface area contributed by atoms with Gasteiger partial charge in [-0.1, -0.05) is 30.3 Å². The number of para-hydroxylation sites is 1. The van der Waals surface area contributed by atoms with Crippen molar-refractivity contribution in [2.45, 2.75) is 6.42 Å². The maximum absolute atomic E-state index is 12.9. The van der Waals surface area contributed by atoms with Gasteiger partial charge in [0.2, 0.25) is 0 Å². The lowest BCUT2D eigenvalue weighted by Gasteiger charge is -2.10. The average molecular weight is 349 g/mol. The van der Waals surface area contributed by atoms with Crippen molar-refractivity contribution in [2.75, 3.05) is 22.5 Å². The second-order valence-electron chi connectivity index (χ2n) is 5.83. The van der Waals surface area contributed by atoms with E-state index in [2.05, 4.69) is 16.0 Å². The number of amides is 2. The van der Waals surface area contributed by atoms with Gasteiger partial charge in [-0.25, -0.2) is 9.18 Å². The molecule has 0 aliphatic rings. The molecule has 0 aromatic heterocycles. The molecule has 0 unspecified atom stereocenters. The molecule has 3 N–H and O–H groups in total. The molecule has 0 aliphatic heterocycles. The minimum Gasteiger partial charge on any atom is -0.385 e. The zero-order chi connectivity index (χ0) is 18.2. The van der Waals surface area contributed by atoms with E-state index in [1.807, 2.05) is 54.6 Å². The van der Waals surface area contributed by atoms with Crippen LogP contribution in [0.4, 0.5) is 26.2 Å². The molecule has 0 spiro atoms. The molecule has 5 heteroatoms. The van der Waals surface area contributed by atoms with E-state index in [1.54, 1.807) is 12.1 Å². The minimum atomic E-state index is -0.284. The fraction of sp³-hybridized carbons (Fsp3) is 0.0952. The van der Waals surface area contributed by atoms with Gasteiger partial charge in [0, 0.05) is 23.6 Å². The molecule has 0 fully saturated rings. The summed E-state index contributed by atoms with van der Waals surface area (Å²) in [5.74, 6) is -0.221. The van der Waals surface area contributed by atoms with Crippen molar-refractivity contribution in [3.8, 4) is 0 Å². The van der Waals surface area contributed by atoms with Crippen LogP contribution < -0.4 is 16.0 Å². The van der Waals surface area contributed by atoms with Crippen molar-refractivity contribution in [3.05, 3.63) is 90.2 Å². The fourth-order valence-electron chi connectivity index (χ4n) is 2.49. The number of anilines is 3. The van der Waals surface area contributed by atoms with Crippen molar-refractivity contribution in [1.82, 2.24) is 0 Å². The van der Waals surface area contributed by atoms with Crippen LogP contribution in [0.2, 0.25) is 0 Å². The first kappa shape index (κ1) is 17.5. The highest BCUT2D eigenvalue weighted by Crippen LogP contribution is 2.14. The van der Waals surface area contributed by atoms with E-state index in [9.17, 15) is 9.18 Å². The molecule has 132 valence electrons. The third kappa shape index (κ3) is 5.34. The number of urea groups is 1. The molecule has 2 amide bonds. The maximum Gasteiger partial charge on any atom is 0.323 e. The summed E-state index contributed by atoms with van der Waals surface area (Å²) < 4.78 is 12.9. The molecular formula is C21H20FN3O. The van der Waals surface area contributed by atoms with E-state index in [1.165, 1.54) is 12.1 Å². The van der Waals surface area contributed by atoms with Crippen LogP contribution in [0.25, 0.3) is 0 Å². The second-order valence-corrected chi connectivity index (χ2v) is 5.83. The molecule has 0 atom stereocenters. The van der Waals surface area contributed by atoms with Crippen molar-refractivity contribution in [3.63, 3.8) is 0 Å². The van der Waals surface area contributed by atoms with Crippen LogP contribution in [0, 0.1) is 5.82 Å². The lowest BCUT2D eigenvalue weighted by atomic mass is 10.1. The molecular weight excluding hydrogens is 329 g/mol. The Morgan fingerprint density at radius 2 is 1.31 bits per heavy atom. The summed E-state index contributed by atoms with van der Waals surface area (Å²) in [7, 11) is 0. The molecule has 3 aromatic rings. The van der Waals surface area contributed by atoms with Gasteiger partial charge in [0.25, 0.3) is 0 Å². The summed E-state index contributed by atoms with van der Waals surface area (Å²) in [5, 5.41) is 8.87. The van der Waals surface area contributed by atoms with Crippen molar-refractivity contribution in [1.29, 1.82) is 0 Å². The van der Waals surface area contributed by atoms with E-state index >= 15 is 0 Å². The van der Waals surface area contributed by atoms with Crippen LogP contribution in [0.3, 0.4) is 0 Å². The number of hydrogen-bond acceptors (Lipinski definition) is 2. The Kier molecular flexibility index (Phi) is 5.83. The van der Waals surface area contributed by atoms with Gasteiger partial charge in [0.1, 0.15) is 5.82 Å². The van der Waals surface area contributed by atoms with Gasteiger partial charge >= 0.3 is 6.03 Å². The van der Waals surface area contributed by atoms with Crippen LogP contribution in [0.5, 0.6) is 0 Å². The minimum absolute atomic E-state index is 0.221. The fourth-order valence-corrected chi connectivity index (χ4v) is 2.49. The van der Waals surface area contributed by atoms with Crippen LogP contribution in [-0.2, 0) is 6.42 Å². The Labute approximate surface area is 152 Å². The SMILES string of the molecule is O=C(Nc1ccccc1)Nc1ccc(NCCc2ccc(F)cc2)cc1. The molecule has 0 bridgehead atoms. The number of hydrogen-bond donors (Lipinski definition) is 3. The van der Waals surface area contributed by atoms with E-state index in [-0.39, 0.29) is 11.8 Å². The molecule has 0 heterocycles. The van der Waals surface area contributed by atoms with Crippen molar-refractivity contribution < 1.29 is 9.18 Å². The largest absolute Gasteiger partial charge is 0.385 e. The third-order valence-electron chi connectivity index (χ3n) is 3.83. The normalized spacial score (nSPS) is 10.2. The van der Waals surface area contributed by atoms with Crippen LogP contribution >= 0.6 is 0 Å². The summed E-state index contributed by atoms with van der Waals surface area (Å²) in [6, 6.07) is 23.0. The highest BCUT2D eigenvalue weighted by Gasteiger charge is 2.02. The monoisotopic (exact) mass is 349 g/mol. The maximum atomic E-state index is 12.9. The predicted molar refractivity (Wildman–Crippen MR) is 104 cm³/mol. The third-order valence-corrected chi connectivity index (χ3v) is 3.83. The zero-order valence-corrected chi connectivity index (χ0v) is 14.2. The van der Waals surface area contributed by atoms with Crippen LogP contribution in [0.1, 0.15) is 5.56 Å². The lowest BCUT2D eigenvalue weighted by molar-refractivity contribution is 0.262. The van der Waals surface area contributed by atoms with Gasteiger partial charge in [-0.05, 0) is 60.5 Å². The molecule has 0 aliphatic carbocycles. The summed E-state index contributed by atoms with van der Waals surface area (Å²) in [6.45, 7) is 0.743. The summed E-state index contributed by atoms with van der Waals surface area (Å²) >= 11 is 0. The zero-order valence-electron chi connectivity index (χ0n) is 14.2. The number of halogens is 1. The number of nitrogens with one attached hydrogen (secondary N) is 3. The van der Waals surface area contributed by atoms with Gasteiger partial charge in [0.15, 0.2) is 0 Å². The summed E-state index contributed by atoms with van der Waals surface area (Å²) in [6.07, 6.45) is 0.805. The van der Waals surface area contributed by atoms with Gasteiger partial charge in [0.05, 0.1) is 0 Å². The standard InChI is InChI=1S/C21H20FN3O/c22-17-8-6-16(7-9-17)14-15-23-18-10-12-20(13-11-18)25-21(26)24-19-4-2-1-3-5-19/h1-13,23H,14-15H2,(H2,24,25,26). The van der Waals surface area contributed by atoms with Crippen LogP contribution in [-0.4, -0.2) is 12.6 Å². The van der Waals surface area contributed by atoms with Gasteiger partial charge in [-0.3, -0.25) is 0 Å². The van der Waals surface area contributed by atoms with Gasteiger partial charge < -0.3 is 16.0 Å². The first-order valence-corrected chi connectivity index (χ1v) is 8.40. The first-order chi connectivity index (χ1) is 12.7. The smallest absolute Gasteiger partial charge is 0.323 e. The molecule has 3 aromatic carbocycles. The van der Waals surface area contributed by atoms with Gasteiger partial charge in [-0.2, -0.15) is 0 Å². The predicted octanol–water partition coefficient (Wildman–Crippen LogP) is 5.12. The first-order valence-electron chi connectivity index (χ1n) is 8.40. The van der Waals surface area contributed by atoms with Crippen molar-refractivity contribution >= 4 is 23.1 Å². The van der Waals surface area contributed by atoms with E-state index < -0.39 is 0 Å². The Morgan fingerprint density at radius 3 is 1.96 bits per heavy atom. The quantitative estimate of drug-likeness (QED) is 0.578.